The molecular formula is C58H43NO. The molecule has 12 rings (SSSR count). The highest BCUT2D eigenvalue weighted by molar-refractivity contribution is 6.14. The Morgan fingerprint density at radius 2 is 0.867 bits per heavy atom. The van der Waals surface area contributed by atoms with Crippen LogP contribution in [-0.2, 0) is 10.8 Å². The zero-order valence-corrected chi connectivity index (χ0v) is 34.3. The first-order valence-corrected chi connectivity index (χ1v) is 21.1. The highest BCUT2D eigenvalue weighted by Gasteiger charge is 2.37. The van der Waals surface area contributed by atoms with Crippen molar-refractivity contribution in [3.05, 3.63) is 210 Å². The van der Waals surface area contributed by atoms with Crippen LogP contribution < -0.4 is 4.90 Å². The molecule has 0 spiro atoms. The van der Waals surface area contributed by atoms with Crippen LogP contribution in [0.3, 0.4) is 0 Å². The van der Waals surface area contributed by atoms with Crippen molar-refractivity contribution in [3.63, 3.8) is 0 Å². The van der Waals surface area contributed by atoms with Gasteiger partial charge in [0.1, 0.15) is 11.2 Å². The molecule has 60 heavy (non-hydrogen) atoms. The second-order valence-corrected chi connectivity index (χ2v) is 17.7. The molecule has 0 N–H and O–H groups in total. The average molecular weight is 770 g/mol. The quantitative estimate of drug-likeness (QED) is 0.173. The zero-order valence-electron chi connectivity index (χ0n) is 34.3. The number of benzene rings is 9. The summed E-state index contributed by atoms with van der Waals surface area (Å²) in [6.45, 7) is 9.46. The largest absolute Gasteiger partial charge is 0.455 e. The lowest BCUT2D eigenvalue weighted by Crippen LogP contribution is -2.18. The molecule has 2 aliphatic rings. The average Bonchev–Trinajstić information content (AvgIpc) is 3.86. The Morgan fingerprint density at radius 3 is 1.53 bits per heavy atom. The zero-order chi connectivity index (χ0) is 40.3. The summed E-state index contributed by atoms with van der Waals surface area (Å²) >= 11 is 0. The molecule has 9 aromatic carbocycles. The first-order chi connectivity index (χ1) is 29.3. The Balaban J connectivity index is 1.03. The third kappa shape index (κ3) is 4.94. The first kappa shape index (κ1) is 34.8. The van der Waals surface area contributed by atoms with Gasteiger partial charge in [-0.1, -0.05) is 173 Å². The van der Waals surface area contributed by atoms with Gasteiger partial charge in [0, 0.05) is 49.8 Å². The molecule has 10 aromatic rings. The van der Waals surface area contributed by atoms with Gasteiger partial charge in [-0.3, -0.25) is 0 Å². The SMILES string of the molecule is CC1(C)c2ccccc2-c2ccc(N(c3ccc(-c4ccc5ccccc5c4-c4cccc5c4oc4ccccc45)cc3)c3ccc4c(c3)C(C)(C)c3ccccc3-4)cc21. The third-order valence-electron chi connectivity index (χ3n) is 13.7. The maximum atomic E-state index is 6.65. The van der Waals surface area contributed by atoms with E-state index in [0.717, 1.165) is 50.1 Å². The normalized spacial score (nSPS) is 14.3. The summed E-state index contributed by atoms with van der Waals surface area (Å²) < 4.78 is 6.65. The minimum absolute atomic E-state index is 0.117. The molecule has 2 nitrogen and oxygen atoms in total. The summed E-state index contributed by atoms with van der Waals surface area (Å²) in [7, 11) is 0. The van der Waals surface area contributed by atoms with Crippen molar-refractivity contribution in [3.8, 4) is 44.5 Å². The number of furan rings is 1. The molecule has 2 aliphatic carbocycles. The number of rotatable bonds is 5. The number of fused-ring (bicyclic) bond motifs is 10. The molecule has 1 aromatic heterocycles. The van der Waals surface area contributed by atoms with Crippen LogP contribution in [0, 0.1) is 0 Å². The number of anilines is 3. The lowest BCUT2D eigenvalue weighted by atomic mass is 9.82. The van der Waals surface area contributed by atoms with Crippen LogP contribution in [0.25, 0.3) is 77.2 Å². The monoisotopic (exact) mass is 769 g/mol. The lowest BCUT2D eigenvalue weighted by molar-refractivity contribution is 0.660. The number of para-hydroxylation sites is 2. The van der Waals surface area contributed by atoms with Gasteiger partial charge in [0.2, 0.25) is 0 Å². The van der Waals surface area contributed by atoms with Crippen LogP contribution in [0.1, 0.15) is 49.9 Å². The van der Waals surface area contributed by atoms with Crippen molar-refractivity contribution in [2.24, 2.45) is 0 Å². The molecule has 0 radical (unpaired) electrons. The van der Waals surface area contributed by atoms with E-state index in [1.54, 1.807) is 0 Å². The highest BCUT2D eigenvalue weighted by Crippen LogP contribution is 2.53. The predicted molar refractivity (Wildman–Crippen MR) is 252 cm³/mol. The summed E-state index contributed by atoms with van der Waals surface area (Å²) in [5.74, 6) is 0. The van der Waals surface area contributed by atoms with Gasteiger partial charge in [-0.2, -0.15) is 0 Å². The fraction of sp³-hybridized carbons (Fsp3) is 0.103. The molecule has 0 saturated carbocycles. The molecule has 0 saturated heterocycles. The van der Waals surface area contributed by atoms with Gasteiger partial charge in [-0.25, -0.2) is 0 Å². The van der Waals surface area contributed by atoms with Crippen LogP contribution in [0.5, 0.6) is 0 Å². The maximum Gasteiger partial charge on any atom is 0.143 e. The molecule has 0 amide bonds. The van der Waals surface area contributed by atoms with Gasteiger partial charge in [0.15, 0.2) is 0 Å². The Labute approximate surface area is 351 Å². The van der Waals surface area contributed by atoms with E-state index >= 15 is 0 Å². The van der Waals surface area contributed by atoms with Gasteiger partial charge >= 0.3 is 0 Å². The van der Waals surface area contributed by atoms with Gasteiger partial charge < -0.3 is 9.32 Å². The predicted octanol–water partition coefficient (Wildman–Crippen LogP) is 16.2. The van der Waals surface area contributed by atoms with E-state index < -0.39 is 0 Å². The molecule has 0 fully saturated rings. The van der Waals surface area contributed by atoms with Crippen molar-refractivity contribution in [1.29, 1.82) is 0 Å². The minimum atomic E-state index is -0.117. The van der Waals surface area contributed by atoms with Crippen LogP contribution in [0.15, 0.2) is 192 Å². The van der Waals surface area contributed by atoms with Crippen LogP contribution >= 0.6 is 0 Å². The van der Waals surface area contributed by atoms with Gasteiger partial charge in [0.05, 0.1) is 0 Å². The first-order valence-electron chi connectivity index (χ1n) is 21.1. The number of nitrogens with zero attached hydrogens (tertiary/aromatic N) is 1. The van der Waals surface area contributed by atoms with Crippen molar-refractivity contribution in [2.45, 2.75) is 38.5 Å². The van der Waals surface area contributed by atoms with E-state index in [-0.39, 0.29) is 10.8 Å². The minimum Gasteiger partial charge on any atom is -0.455 e. The van der Waals surface area contributed by atoms with E-state index in [2.05, 4.69) is 215 Å². The standard InChI is InChI=1S/C58H43NO/c1-57(2)50-21-10-7-16-43(50)45-32-29-39(34-52(45)57)59(40-30-33-46-44-17-8-11-22-51(44)58(3,4)53(46)35-40)38-27-24-37(25-28-38)42-31-26-36-14-5-6-15-41(36)55(42)49-20-13-19-48-47-18-9-12-23-54(47)60-56(48)49/h5-35H,1-4H3. The topological polar surface area (TPSA) is 16.4 Å². The molecule has 2 heteroatoms. The molecule has 0 unspecified atom stereocenters. The Morgan fingerprint density at radius 1 is 0.367 bits per heavy atom. The van der Waals surface area contributed by atoms with Crippen molar-refractivity contribution in [2.75, 3.05) is 4.90 Å². The summed E-state index contributed by atoms with van der Waals surface area (Å²) in [5, 5.41) is 4.68. The molecule has 286 valence electrons. The van der Waals surface area contributed by atoms with Crippen molar-refractivity contribution >= 4 is 49.8 Å². The molecule has 0 aliphatic heterocycles. The van der Waals surface area contributed by atoms with Crippen LogP contribution in [0.4, 0.5) is 17.1 Å². The van der Waals surface area contributed by atoms with Gasteiger partial charge in [0.25, 0.3) is 0 Å². The van der Waals surface area contributed by atoms with E-state index in [1.807, 2.05) is 6.07 Å². The fourth-order valence-corrected chi connectivity index (χ4v) is 10.6. The number of hydrogen-bond donors (Lipinski definition) is 0. The van der Waals surface area contributed by atoms with Gasteiger partial charge in [-0.05, 0) is 109 Å². The molecular weight excluding hydrogens is 727 g/mol. The number of hydrogen-bond acceptors (Lipinski definition) is 2. The second kappa shape index (κ2) is 12.7. The van der Waals surface area contributed by atoms with Crippen molar-refractivity contribution < 1.29 is 4.42 Å². The fourth-order valence-electron chi connectivity index (χ4n) is 10.6. The van der Waals surface area contributed by atoms with E-state index in [1.165, 1.54) is 66.4 Å². The van der Waals surface area contributed by atoms with Gasteiger partial charge in [-0.15, -0.1) is 0 Å². The summed E-state index contributed by atoms with van der Waals surface area (Å²) in [5.41, 5.74) is 20.4. The summed E-state index contributed by atoms with van der Waals surface area (Å²) in [6.07, 6.45) is 0. The van der Waals surface area contributed by atoms with Crippen molar-refractivity contribution in [1.82, 2.24) is 0 Å². The summed E-state index contributed by atoms with van der Waals surface area (Å²) in [4.78, 5) is 2.46. The third-order valence-corrected chi connectivity index (χ3v) is 13.7. The molecule has 0 atom stereocenters. The van der Waals surface area contributed by atoms with E-state index in [9.17, 15) is 0 Å². The second-order valence-electron chi connectivity index (χ2n) is 17.7. The van der Waals surface area contributed by atoms with Crippen LogP contribution in [0.2, 0.25) is 0 Å². The maximum absolute atomic E-state index is 6.65. The molecule has 1 heterocycles. The van der Waals surface area contributed by atoms with Crippen LogP contribution in [-0.4, -0.2) is 0 Å². The molecule has 0 bridgehead atoms. The lowest BCUT2D eigenvalue weighted by Gasteiger charge is -2.30. The Kier molecular flexibility index (Phi) is 7.36. The Hall–Kier alpha value is -7.16. The highest BCUT2D eigenvalue weighted by atomic mass is 16.3. The smallest absolute Gasteiger partial charge is 0.143 e. The summed E-state index contributed by atoms with van der Waals surface area (Å²) in [6, 6.07) is 69.3. The van der Waals surface area contributed by atoms with E-state index in [4.69, 9.17) is 4.42 Å². The van der Waals surface area contributed by atoms with E-state index in [0.29, 0.717) is 0 Å². The Bertz CT molecular complexity index is 3270.